The molecule has 1 aliphatic carbocycles. The summed E-state index contributed by atoms with van der Waals surface area (Å²) >= 11 is 0. The Morgan fingerprint density at radius 2 is 2.29 bits per heavy atom. The minimum Gasteiger partial charge on any atom is -0.326 e. The number of pyridine rings is 1. The zero-order valence-electron chi connectivity index (χ0n) is 9.93. The Kier molecular flexibility index (Phi) is 2.44. The fraction of sp³-hybridized carbons (Fsp3) is 0.385. The molecule has 0 aromatic carbocycles. The van der Waals surface area contributed by atoms with E-state index in [1.807, 2.05) is 23.1 Å². The maximum Gasteiger partial charge on any atom is 0.153 e. The third kappa shape index (κ3) is 1.85. The van der Waals surface area contributed by atoms with Gasteiger partial charge < -0.3 is 5.73 Å². The SMILES string of the molecule is Cc1ccnc(-n2ncc(CN)c2C2CC2)c1. The van der Waals surface area contributed by atoms with Gasteiger partial charge in [-0.15, -0.1) is 0 Å². The van der Waals surface area contributed by atoms with Gasteiger partial charge in [-0.1, -0.05) is 0 Å². The lowest BCUT2D eigenvalue weighted by atomic mass is 10.2. The van der Waals surface area contributed by atoms with Crippen molar-refractivity contribution in [2.24, 2.45) is 5.73 Å². The molecule has 0 aliphatic heterocycles. The first-order valence-electron chi connectivity index (χ1n) is 5.99. The molecule has 1 aliphatic rings. The smallest absolute Gasteiger partial charge is 0.153 e. The van der Waals surface area contributed by atoms with E-state index in [0.29, 0.717) is 12.5 Å². The fourth-order valence-electron chi connectivity index (χ4n) is 2.16. The van der Waals surface area contributed by atoms with Crippen LogP contribution < -0.4 is 5.73 Å². The molecule has 1 saturated carbocycles. The minimum absolute atomic E-state index is 0.553. The van der Waals surface area contributed by atoms with E-state index in [1.165, 1.54) is 24.1 Å². The van der Waals surface area contributed by atoms with Crippen molar-refractivity contribution in [1.82, 2.24) is 14.8 Å². The lowest BCUT2D eigenvalue weighted by molar-refractivity contribution is 0.777. The van der Waals surface area contributed by atoms with E-state index in [1.54, 1.807) is 0 Å². The third-order valence-electron chi connectivity index (χ3n) is 3.19. The second kappa shape index (κ2) is 3.96. The van der Waals surface area contributed by atoms with Crippen LogP contribution in [0.4, 0.5) is 0 Å². The van der Waals surface area contributed by atoms with Crippen LogP contribution in [0.5, 0.6) is 0 Å². The van der Waals surface area contributed by atoms with E-state index in [-0.39, 0.29) is 0 Å². The van der Waals surface area contributed by atoms with Crippen LogP contribution in [-0.2, 0) is 6.54 Å². The number of nitrogens with zero attached hydrogens (tertiary/aromatic N) is 3. The molecule has 0 spiro atoms. The molecule has 3 rings (SSSR count). The molecule has 2 heterocycles. The molecular formula is C13H16N4. The van der Waals surface area contributed by atoms with E-state index in [0.717, 1.165) is 11.4 Å². The molecular weight excluding hydrogens is 212 g/mol. The van der Waals surface area contributed by atoms with Crippen LogP contribution >= 0.6 is 0 Å². The van der Waals surface area contributed by atoms with Gasteiger partial charge in [0.15, 0.2) is 5.82 Å². The number of nitrogens with two attached hydrogens (primary N) is 1. The standard InChI is InChI=1S/C13H16N4/c1-9-4-5-15-12(6-9)17-13(10-2-3-10)11(7-14)8-16-17/h4-6,8,10H,2-3,7,14H2,1H3. The summed E-state index contributed by atoms with van der Waals surface area (Å²) in [6.45, 7) is 2.62. The Bertz CT molecular complexity index is 540. The highest BCUT2D eigenvalue weighted by atomic mass is 15.3. The molecule has 88 valence electrons. The van der Waals surface area contributed by atoms with Crippen LogP contribution in [0.15, 0.2) is 24.5 Å². The largest absolute Gasteiger partial charge is 0.326 e. The Labute approximate surface area is 100 Å². The van der Waals surface area contributed by atoms with Crippen molar-refractivity contribution >= 4 is 0 Å². The highest BCUT2D eigenvalue weighted by Gasteiger charge is 2.30. The number of aromatic nitrogens is 3. The van der Waals surface area contributed by atoms with Crippen LogP contribution in [0, 0.1) is 6.92 Å². The van der Waals surface area contributed by atoms with Gasteiger partial charge in [-0.25, -0.2) is 9.67 Å². The Hall–Kier alpha value is -1.68. The molecule has 1 fully saturated rings. The van der Waals surface area contributed by atoms with Gasteiger partial charge in [-0.05, 0) is 37.5 Å². The predicted octanol–water partition coefficient (Wildman–Crippen LogP) is 1.91. The van der Waals surface area contributed by atoms with Gasteiger partial charge in [0.25, 0.3) is 0 Å². The van der Waals surface area contributed by atoms with Crippen LogP contribution in [0.25, 0.3) is 5.82 Å². The minimum atomic E-state index is 0.553. The molecule has 17 heavy (non-hydrogen) atoms. The third-order valence-corrected chi connectivity index (χ3v) is 3.19. The maximum atomic E-state index is 5.76. The molecule has 0 radical (unpaired) electrons. The summed E-state index contributed by atoms with van der Waals surface area (Å²) in [5.74, 6) is 1.52. The molecule has 0 unspecified atom stereocenters. The zero-order chi connectivity index (χ0) is 11.8. The van der Waals surface area contributed by atoms with Gasteiger partial charge in [0, 0.05) is 24.2 Å². The quantitative estimate of drug-likeness (QED) is 0.873. The van der Waals surface area contributed by atoms with Crippen molar-refractivity contribution in [3.8, 4) is 5.82 Å². The zero-order valence-corrected chi connectivity index (χ0v) is 9.93. The summed E-state index contributed by atoms with van der Waals surface area (Å²) in [5.41, 5.74) is 9.36. The lowest BCUT2D eigenvalue weighted by Crippen LogP contribution is -2.06. The molecule has 2 N–H and O–H groups in total. The Balaban J connectivity index is 2.11. The highest BCUT2D eigenvalue weighted by molar-refractivity contribution is 5.35. The second-order valence-corrected chi connectivity index (χ2v) is 4.64. The normalized spacial score (nSPS) is 15.2. The van der Waals surface area contributed by atoms with Crippen molar-refractivity contribution in [2.75, 3.05) is 0 Å². The molecule has 0 atom stereocenters. The van der Waals surface area contributed by atoms with Crippen LogP contribution in [0.3, 0.4) is 0 Å². The lowest BCUT2D eigenvalue weighted by Gasteiger charge is -2.07. The summed E-state index contributed by atoms with van der Waals surface area (Å²) in [6.07, 6.45) is 6.18. The second-order valence-electron chi connectivity index (χ2n) is 4.64. The summed E-state index contributed by atoms with van der Waals surface area (Å²) in [6, 6.07) is 4.05. The van der Waals surface area contributed by atoms with Gasteiger partial charge in [-0.3, -0.25) is 0 Å². The van der Waals surface area contributed by atoms with Gasteiger partial charge in [0.2, 0.25) is 0 Å². The molecule has 2 aromatic rings. The highest BCUT2D eigenvalue weighted by Crippen LogP contribution is 2.42. The Morgan fingerprint density at radius 1 is 1.47 bits per heavy atom. The van der Waals surface area contributed by atoms with Crippen LogP contribution in [0.1, 0.15) is 35.6 Å². The van der Waals surface area contributed by atoms with E-state index < -0.39 is 0 Å². The Morgan fingerprint density at radius 3 is 2.94 bits per heavy atom. The topological polar surface area (TPSA) is 56.7 Å². The molecule has 0 saturated heterocycles. The van der Waals surface area contributed by atoms with Crippen LogP contribution in [0.2, 0.25) is 0 Å². The number of hydrogen-bond acceptors (Lipinski definition) is 3. The van der Waals surface area contributed by atoms with Gasteiger partial charge in [-0.2, -0.15) is 5.10 Å². The first-order chi connectivity index (χ1) is 8.29. The summed E-state index contributed by atoms with van der Waals surface area (Å²) in [4.78, 5) is 4.39. The predicted molar refractivity (Wildman–Crippen MR) is 66.0 cm³/mol. The average Bonchev–Trinajstić information content (AvgIpc) is 3.08. The number of aryl methyl sites for hydroxylation is 1. The van der Waals surface area contributed by atoms with Gasteiger partial charge >= 0.3 is 0 Å². The van der Waals surface area contributed by atoms with Gasteiger partial charge in [0.1, 0.15) is 0 Å². The fourth-order valence-corrected chi connectivity index (χ4v) is 2.16. The van der Waals surface area contributed by atoms with Crippen LogP contribution in [-0.4, -0.2) is 14.8 Å². The van der Waals surface area contributed by atoms with Crippen molar-refractivity contribution < 1.29 is 0 Å². The summed E-state index contributed by atoms with van der Waals surface area (Å²) in [5, 5.41) is 4.43. The maximum absolute atomic E-state index is 5.76. The first kappa shape index (κ1) is 10.5. The van der Waals surface area contributed by atoms with Gasteiger partial charge in [0.05, 0.1) is 11.9 Å². The molecule has 2 aromatic heterocycles. The summed E-state index contributed by atoms with van der Waals surface area (Å²) in [7, 11) is 0. The molecule has 0 bridgehead atoms. The van der Waals surface area contributed by atoms with E-state index in [2.05, 4.69) is 23.1 Å². The first-order valence-corrected chi connectivity index (χ1v) is 5.99. The van der Waals surface area contributed by atoms with Crippen molar-refractivity contribution in [1.29, 1.82) is 0 Å². The van der Waals surface area contributed by atoms with E-state index >= 15 is 0 Å². The van der Waals surface area contributed by atoms with Crippen molar-refractivity contribution in [2.45, 2.75) is 32.2 Å². The number of rotatable bonds is 3. The summed E-state index contributed by atoms with van der Waals surface area (Å²) < 4.78 is 1.95. The molecule has 4 nitrogen and oxygen atoms in total. The van der Waals surface area contributed by atoms with E-state index in [4.69, 9.17) is 5.73 Å². The number of hydrogen-bond donors (Lipinski definition) is 1. The van der Waals surface area contributed by atoms with Crippen molar-refractivity contribution in [3.05, 3.63) is 41.3 Å². The average molecular weight is 228 g/mol. The van der Waals surface area contributed by atoms with Crippen molar-refractivity contribution in [3.63, 3.8) is 0 Å². The molecule has 0 amide bonds. The molecule has 4 heteroatoms. The monoisotopic (exact) mass is 228 g/mol. The van der Waals surface area contributed by atoms with E-state index in [9.17, 15) is 0 Å².